The number of likely N-dealkylation sites (tertiary alicyclic amines) is 1. The fraction of sp³-hybridized carbons (Fsp3) is 0.440. The maximum atomic E-state index is 13.2. The summed E-state index contributed by atoms with van der Waals surface area (Å²) in [5.74, 6) is -0.207. The van der Waals surface area contributed by atoms with E-state index in [4.69, 9.17) is 12.6 Å². The summed E-state index contributed by atoms with van der Waals surface area (Å²) in [4.78, 5) is 30.1. The Balaban J connectivity index is 1.46. The lowest BCUT2D eigenvalue weighted by Gasteiger charge is -2.24. The molecule has 1 fully saturated rings. The predicted molar refractivity (Wildman–Crippen MR) is 131 cm³/mol. The normalized spacial score (nSPS) is 23.0. The van der Waals surface area contributed by atoms with Crippen molar-refractivity contribution >= 4 is 36.6 Å². The maximum absolute atomic E-state index is 13.2. The highest BCUT2D eigenvalue weighted by Crippen LogP contribution is 2.25. The number of ether oxygens (including phenoxy) is 1. The maximum Gasteiger partial charge on any atom is 0.322 e. The van der Waals surface area contributed by atoms with Crippen LogP contribution >= 0.6 is 0 Å². The molecule has 2 aromatic carbocycles. The molecule has 172 valence electrons. The molecule has 0 aliphatic carbocycles. The van der Waals surface area contributed by atoms with Gasteiger partial charge >= 0.3 is 6.03 Å². The average Bonchev–Trinajstić information content (AvgIpc) is 3.19. The van der Waals surface area contributed by atoms with E-state index in [1.807, 2.05) is 6.07 Å². The molecule has 3 atom stereocenters. The summed E-state index contributed by atoms with van der Waals surface area (Å²) in [5.41, 5.74) is 4.60. The Morgan fingerprint density at radius 1 is 1.06 bits per heavy atom. The third-order valence-electron chi connectivity index (χ3n) is 6.80. The first-order valence-corrected chi connectivity index (χ1v) is 11.4. The molecule has 2 aromatic rings. The third-order valence-corrected chi connectivity index (χ3v) is 6.80. The van der Waals surface area contributed by atoms with Gasteiger partial charge in [0.15, 0.2) is 0 Å². The fourth-order valence-corrected chi connectivity index (χ4v) is 4.56. The van der Waals surface area contributed by atoms with Gasteiger partial charge in [-0.15, -0.1) is 0 Å². The van der Waals surface area contributed by atoms with E-state index < -0.39 is 6.04 Å². The lowest BCUT2D eigenvalue weighted by Crippen LogP contribution is -2.45. The van der Waals surface area contributed by atoms with Gasteiger partial charge in [-0.3, -0.25) is 4.79 Å². The zero-order chi connectivity index (χ0) is 23.5. The largest absolute Gasteiger partial charge is 0.380 e. The van der Waals surface area contributed by atoms with Crippen LogP contribution in [-0.2, 0) is 22.4 Å². The molecule has 4 rings (SSSR count). The molecule has 0 spiro atoms. The van der Waals surface area contributed by atoms with Crippen LogP contribution < -0.4 is 16.1 Å². The van der Waals surface area contributed by atoms with E-state index in [2.05, 4.69) is 41.6 Å². The number of fused-ring (bicyclic) bond motifs is 1. The number of hydrogen-bond donors (Lipinski definition) is 2. The van der Waals surface area contributed by atoms with Crippen molar-refractivity contribution in [2.45, 2.75) is 44.4 Å². The van der Waals surface area contributed by atoms with Crippen molar-refractivity contribution in [1.29, 1.82) is 0 Å². The fourth-order valence-electron chi connectivity index (χ4n) is 4.56. The summed E-state index contributed by atoms with van der Waals surface area (Å²) >= 11 is 0. The Morgan fingerprint density at radius 3 is 2.52 bits per heavy atom. The minimum Gasteiger partial charge on any atom is -0.380 e. The summed E-state index contributed by atoms with van der Waals surface area (Å²) in [6.07, 6.45) is 2.20. The van der Waals surface area contributed by atoms with Gasteiger partial charge in [-0.25, -0.2) is 4.79 Å². The summed E-state index contributed by atoms with van der Waals surface area (Å²) in [7, 11) is 9.47. The van der Waals surface area contributed by atoms with Gasteiger partial charge in [0.25, 0.3) is 0 Å². The average molecular weight is 446 g/mol. The SMILES string of the molecule is [B]c1ccc(NC(=O)N2CC(OC)CC2C(=O)Nc2ccc3c(c2)CCN(C)C(C)C3)cc1. The van der Waals surface area contributed by atoms with E-state index in [1.54, 1.807) is 36.3 Å². The van der Waals surface area contributed by atoms with Crippen molar-refractivity contribution in [1.82, 2.24) is 9.80 Å². The quantitative estimate of drug-likeness (QED) is 0.707. The van der Waals surface area contributed by atoms with Gasteiger partial charge in [0.1, 0.15) is 13.9 Å². The molecule has 1 saturated heterocycles. The Morgan fingerprint density at radius 2 is 1.79 bits per heavy atom. The number of amides is 3. The molecule has 0 bridgehead atoms. The van der Waals surface area contributed by atoms with Crippen LogP contribution in [0.5, 0.6) is 0 Å². The first-order valence-electron chi connectivity index (χ1n) is 11.4. The van der Waals surface area contributed by atoms with Crippen molar-refractivity contribution in [3.63, 3.8) is 0 Å². The monoisotopic (exact) mass is 446 g/mol. The van der Waals surface area contributed by atoms with Crippen LogP contribution in [-0.4, -0.2) is 75.0 Å². The Kier molecular flexibility index (Phi) is 7.05. The second kappa shape index (κ2) is 9.97. The molecule has 2 aliphatic rings. The van der Waals surface area contributed by atoms with Crippen LogP contribution in [0, 0.1) is 0 Å². The van der Waals surface area contributed by atoms with E-state index in [1.165, 1.54) is 11.1 Å². The van der Waals surface area contributed by atoms with Crippen LogP contribution in [0.4, 0.5) is 16.2 Å². The summed E-state index contributed by atoms with van der Waals surface area (Å²) < 4.78 is 5.47. The zero-order valence-corrected chi connectivity index (χ0v) is 19.5. The third kappa shape index (κ3) is 5.39. The van der Waals surface area contributed by atoms with Gasteiger partial charge in [-0.05, 0) is 62.2 Å². The van der Waals surface area contributed by atoms with Gasteiger partial charge in [-0.1, -0.05) is 23.7 Å². The highest BCUT2D eigenvalue weighted by Gasteiger charge is 2.40. The second-order valence-electron chi connectivity index (χ2n) is 9.07. The number of likely N-dealkylation sites (N-methyl/N-ethyl adjacent to an activating group) is 1. The Bertz CT molecular complexity index is 1010. The predicted octanol–water partition coefficient (Wildman–Crippen LogP) is 2.16. The molecule has 0 aromatic heterocycles. The topological polar surface area (TPSA) is 73.9 Å². The van der Waals surface area contributed by atoms with Crippen molar-refractivity contribution in [2.75, 3.05) is 37.9 Å². The van der Waals surface area contributed by atoms with Crippen LogP contribution in [0.3, 0.4) is 0 Å². The van der Waals surface area contributed by atoms with Gasteiger partial charge in [0, 0.05) is 44.0 Å². The molecule has 2 heterocycles. The molecule has 2 radical (unpaired) electrons. The molecular weight excluding hydrogens is 415 g/mol. The van der Waals surface area contributed by atoms with Crippen LogP contribution in [0.25, 0.3) is 0 Å². The first kappa shape index (κ1) is 23.3. The number of hydrogen-bond acceptors (Lipinski definition) is 4. The number of urea groups is 1. The van der Waals surface area contributed by atoms with Crippen LogP contribution in [0.2, 0.25) is 0 Å². The number of nitrogens with zero attached hydrogens (tertiary/aromatic N) is 2. The highest BCUT2D eigenvalue weighted by molar-refractivity contribution is 6.32. The van der Waals surface area contributed by atoms with Gasteiger partial charge < -0.3 is 25.2 Å². The number of rotatable bonds is 4. The number of carbonyl (C=O) groups excluding carboxylic acids is 2. The summed E-state index contributed by atoms with van der Waals surface area (Å²) in [6.45, 7) is 3.58. The Labute approximate surface area is 196 Å². The molecule has 7 nitrogen and oxygen atoms in total. The van der Waals surface area contributed by atoms with E-state index in [9.17, 15) is 9.59 Å². The molecule has 2 aliphatic heterocycles. The van der Waals surface area contributed by atoms with Crippen molar-refractivity contribution in [3.8, 4) is 0 Å². The van der Waals surface area contributed by atoms with E-state index in [0.717, 1.165) is 25.1 Å². The lowest BCUT2D eigenvalue weighted by molar-refractivity contribution is -0.119. The van der Waals surface area contributed by atoms with E-state index in [0.29, 0.717) is 30.2 Å². The molecule has 33 heavy (non-hydrogen) atoms. The number of nitrogens with one attached hydrogen (secondary N) is 2. The molecule has 0 saturated carbocycles. The number of anilines is 2. The van der Waals surface area contributed by atoms with E-state index >= 15 is 0 Å². The number of methoxy groups -OCH3 is 1. The molecule has 3 unspecified atom stereocenters. The lowest BCUT2D eigenvalue weighted by atomic mass is 9.96. The van der Waals surface area contributed by atoms with Crippen LogP contribution in [0.1, 0.15) is 24.5 Å². The minimum atomic E-state index is -0.617. The first-order chi connectivity index (χ1) is 15.8. The second-order valence-corrected chi connectivity index (χ2v) is 9.07. The van der Waals surface area contributed by atoms with Gasteiger partial charge in [0.05, 0.1) is 6.10 Å². The molecule has 2 N–H and O–H groups in total. The minimum absolute atomic E-state index is 0.193. The summed E-state index contributed by atoms with van der Waals surface area (Å²) in [6, 6.07) is 12.6. The van der Waals surface area contributed by atoms with Crippen molar-refractivity contribution in [3.05, 3.63) is 53.6 Å². The Hall–Kier alpha value is -2.84. The molecule has 3 amide bonds. The van der Waals surface area contributed by atoms with Crippen molar-refractivity contribution in [2.24, 2.45) is 0 Å². The number of benzene rings is 2. The zero-order valence-electron chi connectivity index (χ0n) is 19.5. The molecular formula is C25H31BN4O3. The van der Waals surface area contributed by atoms with Gasteiger partial charge in [0.2, 0.25) is 5.91 Å². The summed E-state index contributed by atoms with van der Waals surface area (Å²) in [5, 5.41) is 5.88. The van der Waals surface area contributed by atoms with Crippen molar-refractivity contribution < 1.29 is 14.3 Å². The highest BCUT2D eigenvalue weighted by atomic mass is 16.5. The smallest absolute Gasteiger partial charge is 0.322 e. The van der Waals surface area contributed by atoms with Crippen LogP contribution in [0.15, 0.2) is 42.5 Å². The standard InChI is InChI=1S/C25H31BN4O3/c1-16-12-17-4-7-21(13-18(17)10-11-29(16)2)27-24(31)23-14-22(33-3)15-30(23)25(32)28-20-8-5-19(26)6-9-20/h4-9,13,16,22-23H,10-12,14-15H2,1-3H3,(H,27,31)(H,28,32). The molecule has 8 heteroatoms. The number of carbonyl (C=O) groups is 2. The van der Waals surface area contributed by atoms with Gasteiger partial charge in [-0.2, -0.15) is 0 Å². The van der Waals surface area contributed by atoms with E-state index in [-0.39, 0.29) is 18.0 Å².